The zero-order chi connectivity index (χ0) is 40.4. The van der Waals surface area contributed by atoms with Gasteiger partial charge in [0.15, 0.2) is 5.65 Å². The summed E-state index contributed by atoms with van der Waals surface area (Å²) in [5.41, 5.74) is 3.65. The smallest absolute Gasteiger partial charge is 0.262 e. The maximum atomic E-state index is 13.5. The number of rotatable bonds is 10. The molecule has 1 unspecified atom stereocenters. The van der Waals surface area contributed by atoms with Gasteiger partial charge in [-0.2, -0.15) is 10.2 Å². The predicted octanol–water partition coefficient (Wildman–Crippen LogP) is 4.73. The van der Waals surface area contributed by atoms with Crippen molar-refractivity contribution in [3.63, 3.8) is 0 Å². The second-order valence-corrected chi connectivity index (χ2v) is 16.9. The van der Waals surface area contributed by atoms with Crippen molar-refractivity contribution in [2.45, 2.75) is 63.5 Å². The third-order valence-corrected chi connectivity index (χ3v) is 12.7. The molecule has 1 atom stereocenters. The van der Waals surface area contributed by atoms with Gasteiger partial charge in [-0.15, -0.1) is 0 Å². The number of piperidine rings is 3. The van der Waals surface area contributed by atoms with Gasteiger partial charge in [-0.05, 0) is 81.0 Å². The van der Waals surface area contributed by atoms with Crippen LogP contribution in [0.5, 0.6) is 5.75 Å². The summed E-state index contributed by atoms with van der Waals surface area (Å²) in [6, 6.07) is 8.50. The molecule has 59 heavy (non-hydrogen) atoms. The van der Waals surface area contributed by atoms with Gasteiger partial charge in [0.25, 0.3) is 17.7 Å². The third kappa shape index (κ3) is 7.28. The van der Waals surface area contributed by atoms with E-state index in [1.54, 1.807) is 18.3 Å². The van der Waals surface area contributed by atoms with Crippen molar-refractivity contribution in [3.8, 4) is 5.75 Å². The van der Waals surface area contributed by atoms with Gasteiger partial charge < -0.3 is 19.9 Å². The monoisotopic (exact) mass is 818 g/mol. The minimum Gasteiger partial charge on any atom is -0.491 e. The molecule has 4 fully saturated rings. The number of ether oxygens (including phenoxy) is 1. The largest absolute Gasteiger partial charge is 0.491 e. The van der Waals surface area contributed by atoms with E-state index >= 15 is 0 Å². The number of imide groups is 2. The van der Waals surface area contributed by atoms with E-state index in [1.165, 1.54) is 16.9 Å². The molecule has 3 aromatic heterocycles. The molecule has 4 aliphatic heterocycles. The quantitative estimate of drug-likeness (QED) is 0.187. The second kappa shape index (κ2) is 15.1. The highest BCUT2D eigenvalue weighted by atomic mass is 35.5. The Labute approximate surface area is 343 Å². The van der Waals surface area contributed by atoms with Crippen LogP contribution < -0.4 is 20.3 Å². The Morgan fingerprint density at radius 2 is 1.68 bits per heavy atom. The summed E-state index contributed by atoms with van der Waals surface area (Å²) in [5.74, 6) is -0.637. The van der Waals surface area contributed by atoms with E-state index in [4.69, 9.17) is 21.4 Å². The van der Waals surface area contributed by atoms with Crippen LogP contribution in [-0.4, -0.2) is 109 Å². The summed E-state index contributed by atoms with van der Waals surface area (Å²) in [4.78, 5) is 74.3. The van der Waals surface area contributed by atoms with Crippen molar-refractivity contribution in [3.05, 3.63) is 76.8 Å². The second-order valence-electron chi connectivity index (χ2n) is 16.5. The third-order valence-electron chi connectivity index (χ3n) is 12.5. The summed E-state index contributed by atoms with van der Waals surface area (Å²) in [7, 11) is 0. The molecule has 0 bridgehead atoms. The minimum atomic E-state index is -0.974. The molecule has 1 saturated carbocycles. The molecule has 16 nitrogen and oxygen atoms in total. The zero-order valence-corrected chi connectivity index (χ0v) is 33.1. The topological polar surface area (TPSA) is 176 Å². The number of benzene rings is 2. The Morgan fingerprint density at radius 1 is 0.881 bits per heavy atom. The van der Waals surface area contributed by atoms with Crippen LogP contribution in [0.4, 0.5) is 11.4 Å². The highest BCUT2D eigenvalue weighted by Gasteiger charge is 2.45. The molecular weight excluding hydrogens is 776 g/mol. The van der Waals surface area contributed by atoms with E-state index in [0.29, 0.717) is 57.2 Å². The van der Waals surface area contributed by atoms with Crippen LogP contribution in [0.25, 0.3) is 16.6 Å². The van der Waals surface area contributed by atoms with E-state index in [1.807, 2.05) is 18.2 Å². The Balaban J connectivity index is 0.749. The molecule has 2 N–H and O–H groups in total. The number of carbonyl (C=O) groups excluding carboxylic acids is 5. The van der Waals surface area contributed by atoms with Crippen LogP contribution >= 0.6 is 11.6 Å². The Bertz CT molecular complexity index is 2530. The lowest BCUT2D eigenvalue weighted by atomic mass is 9.94. The number of hydrogen-bond acceptors (Lipinski definition) is 11. The lowest BCUT2D eigenvalue weighted by Gasteiger charge is -2.38. The normalized spacial score (nSPS) is 20.8. The number of carbonyl (C=O) groups is 5. The van der Waals surface area contributed by atoms with Gasteiger partial charge in [0.2, 0.25) is 11.8 Å². The van der Waals surface area contributed by atoms with Crippen molar-refractivity contribution >= 4 is 69.1 Å². The summed E-state index contributed by atoms with van der Waals surface area (Å²) >= 11 is 6.07. The fourth-order valence-electron chi connectivity index (χ4n) is 8.93. The first kappa shape index (κ1) is 37.4. The van der Waals surface area contributed by atoms with Crippen LogP contribution in [0.15, 0.2) is 55.1 Å². The van der Waals surface area contributed by atoms with E-state index in [9.17, 15) is 24.0 Å². The zero-order valence-electron chi connectivity index (χ0n) is 32.3. The SMILES string of the molecule is O=C1CCC(N2C(=O)c3ccc(N4CCC(CN5CCC(n6cc7cc(NC(=O)c8cnn9cc(Cl)cnc89)c(OCC8CC8)cc7n6)CC5)CC4)cc3C2=O)C(=O)N1. The van der Waals surface area contributed by atoms with Crippen LogP contribution in [0, 0.1) is 11.8 Å². The van der Waals surface area contributed by atoms with Gasteiger partial charge in [-0.25, -0.2) is 9.50 Å². The van der Waals surface area contributed by atoms with Gasteiger partial charge in [0, 0.05) is 68.7 Å². The van der Waals surface area contributed by atoms with Gasteiger partial charge >= 0.3 is 0 Å². The number of likely N-dealkylation sites (tertiary alicyclic amines) is 1. The molecule has 1 aliphatic carbocycles. The highest BCUT2D eigenvalue weighted by Crippen LogP contribution is 2.37. The van der Waals surface area contributed by atoms with Crippen LogP contribution in [0.3, 0.4) is 0 Å². The molecular formula is C42H43ClN10O6. The lowest BCUT2D eigenvalue weighted by molar-refractivity contribution is -0.136. The van der Waals surface area contributed by atoms with Crippen LogP contribution in [0.1, 0.15) is 88.5 Å². The van der Waals surface area contributed by atoms with Crippen molar-refractivity contribution in [2.24, 2.45) is 11.8 Å². The minimum absolute atomic E-state index is 0.0912. The lowest BCUT2D eigenvalue weighted by Crippen LogP contribution is -2.54. The van der Waals surface area contributed by atoms with E-state index in [-0.39, 0.29) is 24.8 Å². The number of fused-ring (bicyclic) bond motifs is 3. The first-order valence-corrected chi connectivity index (χ1v) is 20.8. The van der Waals surface area contributed by atoms with Gasteiger partial charge in [-0.3, -0.25) is 38.9 Å². The summed E-state index contributed by atoms with van der Waals surface area (Å²) in [5, 5.41) is 15.9. The van der Waals surface area contributed by atoms with E-state index < -0.39 is 29.7 Å². The van der Waals surface area contributed by atoms with Gasteiger partial charge in [0.05, 0.1) is 52.4 Å². The van der Waals surface area contributed by atoms with Gasteiger partial charge in [0.1, 0.15) is 17.4 Å². The summed E-state index contributed by atoms with van der Waals surface area (Å²) in [6.45, 7) is 5.26. The average Bonchev–Trinajstić information content (AvgIpc) is 3.74. The molecule has 17 heteroatoms. The summed E-state index contributed by atoms with van der Waals surface area (Å²) in [6.07, 6.45) is 13.2. The Kier molecular flexibility index (Phi) is 9.55. The van der Waals surface area contributed by atoms with Crippen molar-refractivity contribution in [1.82, 2.24) is 39.5 Å². The number of amides is 5. The molecule has 5 amide bonds. The summed E-state index contributed by atoms with van der Waals surface area (Å²) < 4.78 is 9.81. The number of halogens is 1. The van der Waals surface area contributed by atoms with E-state index in [2.05, 4.69) is 41.4 Å². The maximum Gasteiger partial charge on any atom is 0.262 e. The molecule has 2 aromatic carbocycles. The molecule has 304 valence electrons. The first-order valence-electron chi connectivity index (χ1n) is 20.4. The molecule has 5 aromatic rings. The first-order chi connectivity index (χ1) is 28.6. The van der Waals surface area contributed by atoms with E-state index in [0.717, 1.165) is 92.7 Å². The van der Waals surface area contributed by atoms with Crippen molar-refractivity contribution in [1.29, 1.82) is 0 Å². The maximum absolute atomic E-state index is 13.5. The van der Waals surface area contributed by atoms with Gasteiger partial charge in [-0.1, -0.05) is 11.6 Å². The average molecular weight is 819 g/mol. The fourth-order valence-corrected chi connectivity index (χ4v) is 9.07. The molecule has 5 aliphatic rings. The number of nitrogens with one attached hydrogen (secondary N) is 2. The molecule has 3 saturated heterocycles. The van der Waals surface area contributed by atoms with Crippen molar-refractivity contribution < 1.29 is 28.7 Å². The fraction of sp³-hybridized carbons (Fsp3) is 0.429. The number of nitrogens with zero attached hydrogens (tertiary/aromatic N) is 8. The predicted molar refractivity (Wildman–Crippen MR) is 217 cm³/mol. The Hall–Kier alpha value is -5.87. The highest BCUT2D eigenvalue weighted by molar-refractivity contribution is 6.30. The number of hydrogen-bond donors (Lipinski definition) is 2. The van der Waals surface area contributed by atoms with Crippen LogP contribution in [-0.2, 0) is 9.59 Å². The molecule has 7 heterocycles. The Morgan fingerprint density at radius 3 is 2.46 bits per heavy atom. The number of aromatic nitrogens is 5. The number of anilines is 2. The van der Waals surface area contributed by atoms with Crippen molar-refractivity contribution in [2.75, 3.05) is 49.5 Å². The van der Waals surface area contributed by atoms with Crippen LogP contribution in [0.2, 0.25) is 5.02 Å². The molecule has 10 rings (SSSR count). The molecule has 0 radical (unpaired) electrons. The molecule has 0 spiro atoms. The standard InChI is InChI=1S/C42H43ClN10O6/c43-27-18-44-38-32(19-45-52(38)22-27)39(55)46-34-15-26-21-51(48-33(26)17-36(34)59-23-25-1-2-25)28-9-11-49(12-10-28)20-24-7-13-50(14-8-24)29-3-4-30-31(16-29)42(58)53(41(30)57)35-5-6-37(54)47-40(35)56/h3-4,15-19,21-22,24-25,28,35H,1-2,5-14,20,23H2,(H,46,55)(H,47,54,56).